The van der Waals surface area contributed by atoms with Crippen LogP contribution in [0.5, 0.6) is 17.4 Å². The number of carbonyl (C=O) groups excluding carboxylic acids is 2. The van der Waals surface area contributed by atoms with Crippen LogP contribution in [0.2, 0.25) is 0 Å². The molecule has 2 N–H and O–H groups in total. The van der Waals surface area contributed by atoms with E-state index in [4.69, 9.17) is 4.74 Å². The Hall–Kier alpha value is -4.01. The number of hydrogen-bond acceptors (Lipinski definition) is 5. The molecule has 1 unspecified atom stereocenters. The molecule has 2 aliphatic heterocycles. The van der Waals surface area contributed by atoms with E-state index in [1.807, 2.05) is 4.90 Å². The molecule has 2 bridgehead atoms. The second-order valence-corrected chi connectivity index (χ2v) is 9.23. The van der Waals surface area contributed by atoms with Crippen LogP contribution in [0, 0.1) is 11.6 Å². The third kappa shape index (κ3) is 5.15. The summed E-state index contributed by atoms with van der Waals surface area (Å²) in [5, 5.41) is 12.4. The minimum atomic E-state index is -0.679. The number of piperidine rings is 1. The Bertz CT molecular complexity index is 1250. The van der Waals surface area contributed by atoms with E-state index in [1.165, 1.54) is 24.3 Å². The number of pyridine rings is 1. The molecule has 5 rings (SSSR count). The van der Waals surface area contributed by atoms with Gasteiger partial charge in [-0.15, -0.1) is 0 Å². The predicted molar refractivity (Wildman–Crippen MR) is 127 cm³/mol. The first-order valence-electron chi connectivity index (χ1n) is 11.8. The fourth-order valence-corrected chi connectivity index (χ4v) is 5.13. The van der Waals surface area contributed by atoms with Crippen LogP contribution in [-0.2, 0) is 11.2 Å². The van der Waals surface area contributed by atoms with Crippen LogP contribution < -0.4 is 10.1 Å². The molecule has 2 amide bonds. The molecule has 2 aromatic carbocycles. The third-order valence-corrected chi connectivity index (χ3v) is 6.74. The van der Waals surface area contributed by atoms with Crippen molar-refractivity contribution in [1.29, 1.82) is 0 Å². The summed E-state index contributed by atoms with van der Waals surface area (Å²) in [5.41, 5.74) is 0.775. The van der Waals surface area contributed by atoms with E-state index in [1.54, 1.807) is 24.3 Å². The van der Waals surface area contributed by atoms with E-state index in [0.717, 1.165) is 30.7 Å². The molecular formula is C27H25F2N3O4. The fourth-order valence-electron chi connectivity index (χ4n) is 5.13. The lowest BCUT2D eigenvalue weighted by molar-refractivity contribution is -0.135. The average molecular weight is 494 g/mol. The van der Waals surface area contributed by atoms with Crippen molar-refractivity contribution in [1.82, 2.24) is 15.2 Å². The molecule has 186 valence electrons. The lowest BCUT2D eigenvalue weighted by atomic mass is 9.96. The third-order valence-electron chi connectivity index (χ3n) is 6.74. The molecule has 2 aliphatic rings. The van der Waals surface area contributed by atoms with Crippen LogP contribution in [0.3, 0.4) is 0 Å². The van der Waals surface area contributed by atoms with Gasteiger partial charge in [-0.2, -0.15) is 0 Å². The van der Waals surface area contributed by atoms with Gasteiger partial charge < -0.3 is 20.1 Å². The van der Waals surface area contributed by atoms with E-state index in [-0.39, 0.29) is 53.4 Å². The molecule has 0 aliphatic carbocycles. The predicted octanol–water partition coefficient (Wildman–Crippen LogP) is 4.35. The van der Waals surface area contributed by atoms with Gasteiger partial charge in [0, 0.05) is 18.1 Å². The highest BCUT2D eigenvalue weighted by molar-refractivity contribution is 5.96. The van der Waals surface area contributed by atoms with Crippen molar-refractivity contribution in [2.75, 3.05) is 0 Å². The molecule has 0 spiro atoms. The highest BCUT2D eigenvalue weighted by atomic mass is 19.1. The molecule has 0 radical (unpaired) electrons. The summed E-state index contributed by atoms with van der Waals surface area (Å²) in [6, 6.07) is 12.7. The van der Waals surface area contributed by atoms with E-state index in [9.17, 15) is 23.5 Å². The standard InChI is InChI=1S/C27H25F2N3O4/c28-17-3-9-23(10-4-17)36-27-24(12-18(29)15-30-27)26(35)31-19-13-20-5-6-21(14-19)32(20)25(34)11-16-1-7-22(33)8-2-16/h1-4,7-10,12,15,19-21,33H,5-6,11,13-14H2,(H,31,35)/t19?,20-,21+. The van der Waals surface area contributed by atoms with Crippen molar-refractivity contribution >= 4 is 11.8 Å². The molecule has 3 atom stereocenters. The first-order valence-corrected chi connectivity index (χ1v) is 11.8. The van der Waals surface area contributed by atoms with E-state index >= 15 is 0 Å². The summed E-state index contributed by atoms with van der Waals surface area (Å²) in [6.07, 6.45) is 4.12. The smallest absolute Gasteiger partial charge is 0.257 e. The quantitative estimate of drug-likeness (QED) is 0.533. The summed E-state index contributed by atoms with van der Waals surface area (Å²) in [6.45, 7) is 0. The maximum atomic E-state index is 13.9. The number of ether oxygens (including phenoxy) is 1. The number of nitrogens with one attached hydrogen (secondary N) is 1. The van der Waals surface area contributed by atoms with Crippen molar-refractivity contribution in [3.8, 4) is 17.4 Å². The lowest BCUT2D eigenvalue weighted by Crippen LogP contribution is -2.52. The monoisotopic (exact) mass is 493 g/mol. The number of fused-ring (bicyclic) bond motifs is 2. The molecule has 36 heavy (non-hydrogen) atoms. The molecule has 1 aromatic heterocycles. The van der Waals surface area contributed by atoms with E-state index in [0.29, 0.717) is 12.8 Å². The first-order chi connectivity index (χ1) is 17.4. The van der Waals surface area contributed by atoms with Gasteiger partial charge in [-0.25, -0.2) is 13.8 Å². The minimum absolute atomic E-state index is 0.0132. The van der Waals surface area contributed by atoms with Crippen molar-refractivity contribution in [3.05, 3.63) is 83.6 Å². The summed E-state index contributed by atoms with van der Waals surface area (Å²) < 4.78 is 32.8. The lowest BCUT2D eigenvalue weighted by Gasteiger charge is -2.39. The largest absolute Gasteiger partial charge is 0.508 e. The number of nitrogens with zero attached hydrogens (tertiary/aromatic N) is 2. The van der Waals surface area contributed by atoms with Crippen molar-refractivity contribution in [3.63, 3.8) is 0 Å². The normalized spacial score (nSPS) is 20.7. The van der Waals surface area contributed by atoms with Gasteiger partial charge in [-0.3, -0.25) is 9.59 Å². The van der Waals surface area contributed by atoms with Gasteiger partial charge in [0.05, 0.1) is 12.6 Å². The zero-order valence-electron chi connectivity index (χ0n) is 19.4. The summed E-state index contributed by atoms with van der Waals surface area (Å²) in [7, 11) is 0. The number of aromatic hydroxyl groups is 1. The van der Waals surface area contributed by atoms with Crippen molar-refractivity contribution in [2.24, 2.45) is 0 Å². The molecule has 2 fully saturated rings. The van der Waals surface area contributed by atoms with Gasteiger partial charge in [0.15, 0.2) is 0 Å². The maximum Gasteiger partial charge on any atom is 0.257 e. The zero-order chi connectivity index (χ0) is 25.2. The van der Waals surface area contributed by atoms with Gasteiger partial charge in [0.2, 0.25) is 11.8 Å². The Morgan fingerprint density at radius 2 is 1.67 bits per heavy atom. The van der Waals surface area contributed by atoms with E-state index in [2.05, 4.69) is 10.3 Å². The van der Waals surface area contributed by atoms with Crippen LogP contribution in [-0.4, -0.2) is 44.9 Å². The molecular weight excluding hydrogens is 468 g/mol. The molecule has 0 saturated carbocycles. The molecule has 7 nitrogen and oxygen atoms in total. The Morgan fingerprint density at radius 1 is 1.00 bits per heavy atom. The Kier molecular flexibility index (Phi) is 6.54. The number of phenols is 1. The Labute approximate surface area is 206 Å². The van der Waals surface area contributed by atoms with Crippen molar-refractivity contribution in [2.45, 2.75) is 50.2 Å². The number of amides is 2. The highest BCUT2D eigenvalue weighted by Gasteiger charge is 2.43. The summed E-state index contributed by atoms with van der Waals surface area (Å²) in [4.78, 5) is 32.0. The van der Waals surface area contributed by atoms with E-state index < -0.39 is 17.5 Å². The number of halogens is 2. The number of aromatic nitrogens is 1. The summed E-state index contributed by atoms with van der Waals surface area (Å²) >= 11 is 0. The number of phenolic OH excluding ortho intramolecular Hbond substituents is 1. The van der Waals surface area contributed by atoms with Crippen molar-refractivity contribution < 1.29 is 28.2 Å². The number of benzene rings is 2. The Morgan fingerprint density at radius 3 is 2.33 bits per heavy atom. The molecule has 3 aromatic rings. The first kappa shape index (κ1) is 23.7. The fraction of sp³-hybridized carbons (Fsp3) is 0.296. The minimum Gasteiger partial charge on any atom is -0.508 e. The summed E-state index contributed by atoms with van der Waals surface area (Å²) in [5.74, 6) is -1.26. The van der Waals surface area contributed by atoms with Gasteiger partial charge in [-0.05, 0) is 73.7 Å². The second kappa shape index (κ2) is 9.93. The van der Waals surface area contributed by atoms with Crippen LogP contribution >= 0.6 is 0 Å². The molecule has 9 heteroatoms. The maximum absolute atomic E-state index is 13.9. The molecule has 3 heterocycles. The molecule has 2 saturated heterocycles. The van der Waals surface area contributed by atoms with Crippen LogP contribution in [0.15, 0.2) is 60.8 Å². The highest BCUT2D eigenvalue weighted by Crippen LogP contribution is 2.36. The average Bonchev–Trinajstić information content (AvgIpc) is 3.13. The van der Waals surface area contributed by atoms with Gasteiger partial charge in [-0.1, -0.05) is 12.1 Å². The number of rotatable bonds is 6. The van der Waals surface area contributed by atoms with Gasteiger partial charge in [0.25, 0.3) is 5.91 Å². The number of carbonyl (C=O) groups is 2. The zero-order valence-corrected chi connectivity index (χ0v) is 19.4. The SMILES string of the molecule is O=C(NC1C[C@H]2CC[C@@H](C1)N2C(=O)Cc1ccc(O)cc1)c1cc(F)cnc1Oc1ccc(F)cc1. The Balaban J connectivity index is 1.25. The van der Waals surface area contributed by atoms with Gasteiger partial charge in [0.1, 0.15) is 28.7 Å². The topological polar surface area (TPSA) is 91.8 Å². The van der Waals surface area contributed by atoms with Gasteiger partial charge >= 0.3 is 0 Å². The van der Waals surface area contributed by atoms with Crippen LogP contribution in [0.4, 0.5) is 8.78 Å². The van der Waals surface area contributed by atoms with Crippen LogP contribution in [0.1, 0.15) is 41.6 Å². The second-order valence-electron chi connectivity index (χ2n) is 9.23. The number of hydrogen-bond donors (Lipinski definition) is 2. The van der Waals surface area contributed by atoms with Crippen LogP contribution in [0.25, 0.3) is 0 Å².